The van der Waals surface area contributed by atoms with Crippen molar-refractivity contribution in [3.05, 3.63) is 69.7 Å². The van der Waals surface area contributed by atoms with Crippen molar-refractivity contribution >= 4 is 17.6 Å². The molecule has 1 N–H and O–H groups in total. The third-order valence-electron chi connectivity index (χ3n) is 4.35. The number of hydrogen-bond donors (Lipinski definition) is 1. The highest BCUT2D eigenvalue weighted by Gasteiger charge is 2.40. The quantitative estimate of drug-likeness (QED) is 0.869. The lowest BCUT2D eigenvalue weighted by molar-refractivity contribution is 0.0696. The van der Waals surface area contributed by atoms with Gasteiger partial charge in [-0.15, -0.1) is 0 Å². The number of aromatic carboxylic acids is 1. The molecule has 2 aromatic carbocycles. The minimum Gasteiger partial charge on any atom is -0.478 e. The van der Waals surface area contributed by atoms with Gasteiger partial charge in [0.25, 0.3) is 0 Å². The van der Waals surface area contributed by atoms with Crippen LogP contribution in [0.1, 0.15) is 46.8 Å². The maximum atomic E-state index is 11.2. The lowest BCUT2D eigenvalue weighted by atomic mass is 9.75. The monoisotopic (exact) mass is 300 g/mol. The highest BCUT2D eigenvalue weighted by molar-refractivity contribution is 6.31. The average molecular weight is 301 g/mol. The predicted octanol–water partition coefficient (Wildman–Crippen LogP) is 4.75. The molecule has 0 aromatic heterocycles. The van der Waals surface area contributed by atoms with Crippen molar-refractivity contribution in [3.8, 4) is 0 Å². The van der Waals surface area contributed by atoms with E-state index < -0.39 is 5.97 Å². The van der Waals surface area contributed by atoms with Crippen LogP contribution < -0.4 is 0 Å². The van der Waals surface area contributed by atoms with Gasteiger partial charge in [0, 0.05) is 10.9 Å². The summed E-state index contributed by atoms with van der Waals surface area (Å²) in [4.78, 5) is 11.2. The van der Waals surface area contributed by atoms with Gasteiger partial charge in [0.05, 0.1) is 5.56 Å². The molecule has 0 saturated heterocycles. The van der Waals surface area contributed by atoms with Gasteiger partial charge in [-0.2, -0.15) is 0 Å². The molecule has 0 fully saturated rings. The van der Waals surface area contributed by atoms with E-state index in [2.05, 4.69) is 13.8 Å². The van der Waals surface area contributed by atoms with Crippen molar-refractivity contribution in [2.75, 3.05) is 0 Å². The smallest absolute Gasteiger partial charge is 0.335 e. The van der Waals surface area contributed by atoms with Crippen molar-refractivity contribution in [2.24, 2.45) is 5.41 Å². The molecule has 0 radical (unpaired) electrons. The van der Waals surface area contributed by atoms with Crippen LogP contribution in [0.15, 0.2) is 42.5 Å². The average Bonchev–Trinajstić information content (AvgIpc) is 2.68. The standard InChI is InChI=1S/C18H17ClO2/c1-18(2)10-12-8-7-11(17(20)21)9-14(12)16(18)13-5-3-4-6-15(13)19/h3-9,16H,10H2,1-2H3,(H,20,21). The number of carboxylic acid groups (broad SMARTS) is 1. The van der Waals surface area contributed by atoms with Crippen LogP contribution in [0.4, 0.5) is 0 Å². The molecule has 3 rings (SSSR count). The first-order chi connectivity index (χ1) is 9.90. The molecule has 0 saturated carbocycles. The summed E-state index contributed by atoms with van der Waals surface area (Å²) in [6.07, 6.45) is 0.929. The second-order valence-electron chi connectivity index (χ2n) is 6.34. The minimum absolute atomic E-state index is 0.0183. The fourth-order valence-corrected chi connectivity index (χ4v) is 3.71. The van der Waals surface area contributed by atoms with E-state index in [0.717, 1.165) is 22.6 Å². The summed E-state index contributed by atoms with van der Waals surface area (Å²) in [6, 6.07) is 13.3. The van der Waals surface area contributed by atoms with Gasteiger partial charge in [-0.3, -0.25) is 0 Å². The molecule has 21 heavy (non-hydrogen) atoms. The first-order valence-electron chi connectivity index (χ1n) is 7.01. The van der Waals surface area contributed by atoms with Gasteiger partial charge < -0.3 is 5.11 Å². The van der Waals surface area contributed by atoms with Crippen LogP contribution in [0.3, 0.4) is 0 Å². The molecular formula is C18H17ClO2. The Morgan fingerprint density at radius 2 is 1.90 bits per heavy atom. The molecule has 1 atom stereocenters. The topological polar surface area (TPSA) is 37.3 Å². The van der Waals surface area contributed by atoms with Crippen molar-refractivity contribution < 1.29 is 9.90 Å². The van der Waals surface area contributed by atoms with E-state index in [9.17, 15) is 9.90 Å². The maximum absolute atomic E-state index is 11.2. The zero-order valence-corrected chi connectivity index (χ0v) is 12.8. The fraction of sp³-hybridized carbons (Fsp3) is 0.278. The largest absolute Gasteiger partial charge is 0.478 e. The highest BCUT2D eigenvalue weighted by Crippen LogP contribution is 2.51. The van der Waals surface area contributed by atoms with E-state index in [1.807, 2.05) is 30.3 Å². The molecule has 2 nitrogen and oxygen atoms in total. The van der Waals surface area contributed by atoms with E-state index >= 15 is 0 Å². The first kappa shape index (κ1) is 14.2. The Morgan fingerprint density at radius 3 is 2.57 bits per heavy atom. The van der Waals surface area contributed by atoms with Gasteiger partial charge in [0.15, 0.2) is 0 Å². The number of fused-ring (bicyclic) bond motifs is 1. The van der Waals surface area contributed by atoms with Crippen LogP contribution in [-0.2, 0) is 6.42 Å². The van der Waals surface area contributed by atoms with Crippen molar-refractivity contribution in [3.63, 3.8) is 0 Å². The predicted molar refractivity (Wildman–Crippen MR) is 84.2 cm³/mol. The number of carbonyl (C=O) groups is 1. The van der Waals surface area contributed by atoms with E-state index in [1.165, 1.54) is 5.56 Å². The number of hydrogen-bond acceptors (Lipinski definition) is 1. The van der Waals surface area contributed by atoms with E-state index in [-0.39, 0.29) is 11.3 Å². The summed E-state index contributed by atoms with van der Waals surface area (Å²) in [5.41, 5.74) is 3.74. The van der Waals surface area contributed by atoms with Crippen LogP contribution in [0, 0.1) is 5.41 Å². The third kappa shape index (κ3) is 2.34. The third-order valence-corrected chi connectivity index (χ3v) is 4.69. The van der Waals surface area contributed by atoms with Gasteiger partial charge >= 0.3 is 5.97 Å². The van der Waals surface area contributed by atoms with Gasteiger partial charge in [-0.05, 0) is 46.7 Å². The van der Waals surface area contributed by atoms with Crippen LogP contribution >= 0.6 is 11.6 Å². The summed E-state index contributed by atoms with van der Waals surface area (Å²) in [6.45, 7) is 4.42. The maximum Gasteiger partial charge on any atom is 0.335 e. The van der Waals surface area contributed by atoms with Gasteiger partial charge in [-0.1, -0.05) is 49.7 Å². The lowest BCUT2D eigenvalue weighted by Gasteiger charge is -2.29. The van der Waals surface area contributed by atoms with Crippen molar-refractivity contribution in [1.82, 2.24) is 0 Å². The Kier molecular flexibility index (Phi) is 3.29. The summed E-state index contributed by atoms with van der Waals surface area (Å²) < 4.78 is 0. The minimum atomic E-state index is -0.889. The van der Waals surface area contributed by atoms with E-state index in [0.29, 0.717) is 5.56 Å². The Balaban J connectivity index is 2.19. The molecule has 0 amide bonds. The van der Waals surface area contributed by atoms with Crippen molar-refractivity contribution in [2.45, 2.75) is 26.2 Å². The van der Waals surface area contributed by atoms with Gasteiger partial charge in [-0.25, -0.2) is 4.79 Å². The second-order valence-corrected chi connectivity index (χ2v) is 6.75. The molecule has 2 aromatic rings. The summed E-state index contributed by atoms with van der Waals surface area (Å²) in [5.74, 6) is -0.763. The number of carboxylic acids is 1. The molecule has 1 aliphatic carbocycles. The SMILES string of the molecule is CC1(C)Cc2ccc(C(=O)O)cc2C1c1ccccc1Cl. The highest BCUT2D eigenvalue weighted by atomic mass is 35.5. The Bertz CT molecular complexity index is 719. The Morgan fingerprint density at radius 1 is 1.19 bits per heavy atom. The van der Waals surface area contributed by atoms with Crippen LogP contribution in [0.5, 0.6) is 0 Å². The van der Waals surface area contributed by atoms with Gasteiger partial charge in [0.1, 0.15) is 0 Å². The zero-order chi connectivity index (χ0) is 15.2. The van der Waals surface area contributed by atoms with E-state index in [4.69, 9.17) is 11.6 Å². The first-order valence-corrected chi connectivity index (χ1v) is 7.38. The zero-order valence-electron chi connectivity index (χ0n) is 12.1. The lowest BCUT2D eigenvalue weighted by Crippen LogP contribution is -2.19. The van der Waals surface area contributed by atoms with Crippen LogP contribution in [0.2, 0.25) is 5.02 Å². The number of benzene rings is 2. The number of rotatable bonds is 2. The molecule has 0 aliphatic heterocycles. The van der Waals surface area contributed by atoms with Crippen LogP contribution in [-0.4, -0.2) is 11.1 Å². The van der Waals surface area contributed by atoms with Crippen LogP contribution in [0.25, 0.3) is 0 Å². The molecule has 3 heteroatoms. The summed E-state index contributed by atoms with van der Waals surface area (Å²) in [7, 11) is 0. The number of halogens is 1. The Hall–Kier alpha value is -1.80. The van der Waals surface area contributed by atoms with E-state index in [1.54, 1.807) is 12.1 Å². The molecular weight excluding hydrogens is 284 g/mol. The fourth-order valence-electron chi connectivity index (χ4n) is 3.47. The van der Waals surface area contributed by atoms with Crippen molar-refractivity contribution in [1.29, 1.82) is 0 Å². The molecule has 108 valence electrons. The second kappa shape index (κ2) is 4.88. The Labute approximate surface area is 129 Å². The molecule has 1 unspecified atom stereocenters. The molecule has 1 aliphatic rings. The normalized spacial score (nSPS) is 19.3. The summed E-state index contributed by atoms with van der Waals surface area (Å²) in [5, 5.41) is 9.97. The summed E-state index contributed by atoms with van der Waals surface area (Å²) >= 11 is 6.38. The molecule has 0 spiro atoms. The van der Waals surface area contributed by atoms with Gasteiger partial charge in [0.2, 0.25) is 0 Å². The molecule has 0 heterocycles. The molecule has 0 bridgehead atoms.